The fourth-order valence-corrected chi connectivity index (χ4v) is 4.03. The van der Waals surface area contributed by atoms with Crippen LogP contribution in [0.5, 0.6) is 5.75 Å². The molecule has 6 heteroatoms. The van der Waals surface area contributed by atoms with Crippen molar-refractivity contribution in [3.63, 3.8) is 0 Å². The van der Waals surface area contributed by atoms with Crippen LogP contribution in [0.25, 0.3) is 0 Å². The predicted molar refractivity (Wildman–Crippen MR) is 109 cm³/mol. The summed E-state index contributed by atoms with van der Waals surface area (Å²) in [5, 5.41) is 0. The van der Waals surface area contributed by atoms with Crippen molar-refractivity contribution in [1.82, 2.24) is 4.90 Å². The lowest BCUT2D eigenvalue weighted by molar-refractivity contribution is -0.123. The van der Waals surface area contributed by atoms with Gasteiger partial charge in [-0.05, 0) is 31.2 Å². The number of nitrogens with zero attached hydrogens (tertiary/aromatic N) is 3. The molecule has 28 heavy (non-hydrogen) atoms. The Morgan fingerprint density at radius 1 is 0.929 bits per heavy atom. The second-order valence-corrected chi connectivity index (χ2v) is 7.32. The van der Waals surface area contributed by atoms with Gasteiger partial charge in [0, 0.05) is 26.2 Å². The normalized spacial score (nSPS) is 20.7. The van der Waals surface area contributed by atoms with Crippen molar-refractivity contribution < 1.29 is 14.3 Å². The maximum absolute atomic E-state index is 13.0. The van der Waals surface area contributed by atoms with Crippen LogP contribution >= 0.6 is 0 Å². The standard InChI is InChI=1S/C22H25N3O3/c1-16-7-9-17(10-8-16)25-21(26)15-19(22(25)27)24-13-11-23(12-14-24)18-5-3-4-6-20(18)28-2/h3-10,19H,11-15H2,1-2H3. The number of rotatable bonds is 4. The third-order valence-electron chi connectivity index (χ3n) is 5.60. The van der Waals surface area contributed by atoms with Gasteiger partial charge in [0.05, 0.1) is 30.9 Å². The third kappa shape index (κ3) is 3.36. The van der Waals surface area contributed by atoms with Crippen molar-refractivity contribution in [2.45, 2.75) is 19.4 Å². The van der Waals surface area contributed by atoms with Gasteiger partial charge in [0.2, 0.25) is 5.91 Å². The minimum absolute atomic E-state index is 0.111. The number of hydrogen-bond donors (Lipinski definition) is 0. The number of ether oxygens (including phenoxy) is 1. The quantitative estimate of drug-likeness (QED) is 0.764. The van der Waals surface area contributed by atoms with E-state index in [-0.39, 0.29) is 24.3 Å². The highest BCUT2D eigenvalue weighted by molar-refractivity contribution is 6.22. The molecule has 0 bridgehead atoms. The van der Waals surface area contributed by atoms with Gasteiger partial charge < -0.3 is 9.64 Å². The lowest BCUT2D eigenvalue weighted by Gasteiger charge is -2.38. The number of benzene rings is 2. The number of piperazine rings is 1. The minimum atomic E-state index is -0.367. The van der Waals surface area contributed by atoms with Crippen LogP contribution in [0.1, 0.15) is 12.0 Å². The summed E-state index contributed by atoms with van der Waals surface area (Å²) in [4.78, 5) is 31.3. The highest BCUT2D eigenvalue weighted by atomic mass is 16.5. The van der Waals surface area contributed by atoms with Crippen molar-refractivity contribution in [2.75, 3.05) is 43.1 Å². The first kappa shape index (κ1) is 18.5. The fraction of sp³-hybridized carbons (Fsp3) is 0.364. The number of carbonyl (C=O) groups is 2. The molecule has 0 N–H and O–H groups in total. The lowest BCUT2D eigenvalue weighted by Crippen LogP contribution is -2.52. The SMILES string of the molecule is COc1ccccc1N1CCN(C2CC(=O)N(c3ccc(C)cc3)C2=O)CC1. The van der Waals surface area contributed by atoms with Gasteiger partial charge in [0.1, 0.15) is 5.75 Å². The molecular weight excluding hydrogens is 354 g/mol. The molecule has 2 aromatic rings. The molecule has 0 spiro atoms. The van der Waals surface area contributed by atoms with Crippen molar-refractivity contribution in [3.05, 3.63) is 54.1 Å². The molecule has 0 aliphatic carbocycles. The molecule has 2 aliphatic heterocycles. The summed E-state index contributed by atoms with van der Waals surface area (Å²) in [6.45, 7) is 5.06. The molecule has 2 aromatic carbocycles. The van der Waals surface area contributed by atoms with Crippen LogP contribution in [0.15, 0.2) is 48.5 Å². The van der Waals surface area contributed by atoms with Crippen LogP contribution in [0.4, 0.5) is 11.4 Å². The number of hydrogen-bond acceptors (Lipinski definition) is 5. The van der Waals surface area contributed by atoms with E-state index in [1.807, 2.05) is 49.4 Å². The average molecular weight is 379 g/mol. The summed E-state index contributed by atoms with van der Waals surface area (Å²) in [6.07, 6.45) is 0.251. The fourth-order valence-electron chi connectivity index (χ4n) is 4.03. The number of anilines is 2. The molecule has 0 radical (unpaired) electrons. The molecule has 0 saturated carbocycles. The largest absolute Gasteiger partial charge is 0.495 e. The van der Waals surface area contributed by atoms with E-state index in [0.717, 1.165) is 43.2 Å². The van der Waals surface area contributed by atoms with Gasteiger partial charge in [-0.3, -0.25) is 14.5 Å². The molecule has 1 unspecified atom stereocenters. The zero-order valence-corrected chi connectivity index (χ0v) is 16.3. The third-order valence-corrected chi connectivity index (χ3v) is 5.60. The topological polar surface area (TPSA) is 53.1 Å². The molecule has 1 atom stereocenters. The summed E-state index contributed by atoms with van der Waals surface area (Å²) in [7, 11) is 1.68. The highest BCUT2D eigenvalue weighted by Crippen LogP contribution is 2.30. The van der Waals surface area contributed by atoms with Crippen molar-refractivity contribution >= 4 is 23.2 Å². The number of imide groups is 1. The van der Waals surface area contributed by atoms with Crippen molar-refractivity contribution in [3.8, 4) is 5.75 Å². The number of methoxy groups -OCH3 is 1. The van der Waals surface area contributed by atoms with Crippen molar-refractivity contribution in [1.29, 1.82) is 0 Å². The maximum atomic E-state index is 13.0. The zero-order valence-electron chi connectivity index (χ0n) is 16.3. The van der Waals surface area contributed by atoms with E-state index in [1.165, 1.54) is 4.90 Å². The lowest BCUT2D eigenvalue weighted by atomic mass is 10.1. The van der Waals surface area contributed by atoms with Crippen molar-refractivity contribution in [2.24, 2.45) is 0 Å². The Balaban J connectivity index is 1.44. The first-order valence-corrected chi connectivity index (χ1v) is 9.64. The molecule has 2 fully saturated rings. The van der Waals surface area contributed by atoms with E-state index < -0.39 is 0 Å². The monoisotopic (exact) mass is 379 g/mol. The molecule has 146 valence electrons. The Hall–Kier alpha value is -2.86. The molecule has 2 saturated heterocycles. The molecular formula is C22H25N3O3. The van der Waals surface area contributed by atoms with E-state index in [4.69, 9.17) is 4.74 Å². The number of aryl methyl sites for hydroxylation is 1. The Labute approximate surface area is 165 Å². The Morgan fingerprint density at radius 2 is 1.61 bits per heavy atom. The molecule has 4 rings (SSSR count). The minimum Gasteiger partial charge on any atom is -0.495 e. The van der Waals surface area contributed by atoms with Crippen LogP contribution in [0, 0.1) is 6.92 Å². The second-order valence-electron chi connectivity index (χ2n) is 7.32. The van der Waals surface area contributed by atoms with Gasteiger partial charge in [-0.1, -0.05) is 29.8 Å². The molecule has 2 heterocycles. The summed E-state index contributed by atoms with van der Waals surface area (Å²) in [5.41, 5.74) is 2.84. The molecule has 2 aliphatic rings. The molecule has 2 amide bonds. The van der Waals surface area contributed by atoms with Gasteiger partial charge in [0.25, 0.3) is 5.91 Å². The van der Waals surface area contributed by atoms with Crippen LogP contribution in [-0.4, -0.2) is 56.0 Å². The number of amides is 2. The van der Waals surface area contributed by atoms with Crippen LogP contribution < -0.4 is 14.5 Å². The van der Waals surface area contributed by atoms with Gasteiger partial charge in [-0.2, -0.15) is 0 Å². The maximum Gasteiger partial charge on any atom is 0.251 e. The van der Waals surface area contributed by atoms with Gasteiger partial charge in [0.15, 0.2) is 0 Å². The van der Waals surface area contributed by atoms with E-state index in [9.17, 15) is 9.59 Å². The smallest absolute Gasteiger partial charge is 0.251 e. The van der Waals surface area contributed by atoms with Gasteiger partial charge >= 0.3 is 0 Å². The zero-order chi connectivity index (χ0) is 19.7. The first-order valence-electron chi connectivity index (χ1n) is 9.64. The average Bonchev–Trinajstić information content (AvgIpc) is 3.03. The van der Waals surface area contributed by atoms with Crippen LogP contribution in [0.3, 0.4) is 0 Å². The van der Waals surface area contributed by atoms with Gasteiger partial charge in [-0.25, -0.2) is 4.90 Å². The number of para-hydroxylation sites is 2. The Morgan fingerprint density at radius 3 is 2.29 bits per heavy atom. The highest BCUT2D eigenvalue weighted by Gasteiger charge is 2.43. The van der Waals surface area contributed by atoms with E-state index in [0.29, 0.717) is 5.69 Å². The van der Waals surface area contributed by atoms with E-state index >= 15 is 0 Å². The van der Waals surface area contributed by atoms with Crippen LogP contribution in [-0.2, 0) is 9.59 Å². The number of carbonyl (C=O) groups excluding carboxylic acids is 2. The summed E-state index contributed by atoms with van der Waals surface area (Å²) in [5.74, 6) is 0.624. The van der Waals surface area contributed by atoms with E-state index in [2.05, 4.69) is 15.9 Å². The summed E-state index contributed by atoms with van der Waals surface area (Å²) >= 11 is 0. The Kier molecular flexibility index (Phi) is 5.05. The molecule has 0 aromatic heterocycles. The molecule has 6 nitrogen and oxygen atoms in total. The van der Waals surface area contributed by atoms with E-state index in [1.54, 1.807) is 7.11 Å². The summed E-state index contributed by atoms with van der Waals surface area (Å²) in [6, 6.07) is 15.1. The predicted octanol–water partition coefficient (Wildman–Crippen LogP) is 2.46. The van der Waals surface area contributed by atoms with Gasteiger partial charge in [-0.15, -0.1) is 0 Å². The Bertz CT molecular complexity index is 873. The second kappa shape index (κ2) is 7.64. The van der Waals surface area contributed by atoms with Crippen LogP contribution in [0.2, 0.25) is 0 Å². The summed E-state index contributed by atoms with van der Waals surface area (Å²) < 4.78 is 5.47. The first-order chi connectivity index (χ1) is 13.6.